The van der Waals surface area contributed by atoms with Crippen LogP contribution in [0, 0.1) is 0 Å². The molecule has 120 valence electrons. The lowest BCUT2D eigenvalue weighted by molar-refractivity contribution is 0.0653. The second-order valence-electron chi connectivity index (χ2n) is 6.27. The molecule has 0 aliphatic carbocycles. The first-order chi connectivity index (χ1) is 10.2. The number of nitrogens with zero attached hydrogens (tertiary/aromatic N) is 1. The fraction of sp³-hybridized carbons (Fsp3) is 0.778. The molecule has 1 aromatic rings. The fourth-order valence-corrected chi connectivity index (χ4v) is 5.06. The highest BCUT2D eigenvalue weighted by atomic mass is 32.1. The summed E-state index contributed by atoms with van der Waals surface area (Å²) in [4.78, 5) is 5.82. The van der Waals surface area contributed by atoms with Gasteiger partial charge in [-0.3, -0.25) is 4.90 Å². The van der Waals surface area contributed by atoms with Crippen LogP contribution in [0.4, 0.5) is 0 Å². The molecule has 2 nitrogen and oxygen atoms in total. The van der Waals surface area contributed by atoms with E-state index in [1.807, 2.05) is 11.3 Å². The zero-order valence-electron chi connectivity index (χ0n) is 14.2. The van der Waals surface area contributed by atoms with Crippen LogP contribution < -0.4 is 5.32 Å². The molecule has 1 aliphatic rings. The fourth-order valence-electron chi connectivity index (χ4n) is 4.06. The predicted molar refractivity (Wildman–Crippen MR) is 94.4 cm³/mol. The van der Waals surface area contributed by atoms with Crippen molar-refractivity contribution in [3.8, 4) is 0 Å². The third-order valence-electron chi connectivity index (χ3n) is 5.43. The number of rotatable bonds is 8. The number of hydrogen-bond donors (Lipinski definition) is 1. The van der Waals surface area contributed by atoms with Crippen molar-refractivity contribution >= 4 is 11.3 Å². The number of thiophene rings is 1. The van der Waals surface area contributed by atoms with Crippen LogP contribution in [0.5, 0.6) is 0 Å². The molecular weight excluding hydrogens is 276 g/mol. The number of aryl methyl sites for hydroxylation is 1. The van der Waals surface area contributed by atoms with Gasteiger partial charge in [0.05, 0.1) is 0 Å². The normalized spacial score (nSPS) is 18.3. The highest BCUT2D eigenvalue weighted by Gasteiger charge is 2.41. The molecule has 0 radical (unpaired) electrons. The van der Waals surface area contributed by atoms with E-state index in [0.717, 1.165) is 6.42 Å². The van der Waals surface area contributed by atoms with Gasteiger partial charge in [-0.15, -0.1) is 11.3 Å². The van der Waals surface area contributed by atoms with Crippen molar-refractivity contribution in [3.63, 3.8) is 0 Å². The molecule has 1 atom stereocenters. The molecule has 0 spiro atoms. The molecule has 0 amide bonds. The summed E-state index contributed by atoms with van der Waals surface area (Å²) in [5.74, 6) is 0. The highest BCUT2D eigenvalue weighted by molar-refractivity contribution is 7.11. The van der Waals surface area contributed by atoms with Crippen LogP contribution in [0.15, 0.2) is 12.1 Å². The van der Waals surface area contributed by atoms with Crippen molar-refractivity contribution in [2.24, 2.45) is 0 Å². The van der Waals surface area contributed by atoms with Crippen molar-refractivity contribution in [2.75, 3.05) is 20.1 Å². The van der Waals surface area contributed by atoms with Crippen LogP contribution >= 0.6 is 11.3 Å². The van der Waals surface area contributed by atoms with Crippen LogP contribution in [-0.4, -0.2) is 36.6 Å². The number of hydrogen-bond acceptors (Lipinski definition) is 3. The summed E-state index contributed by atoms with van der Waals surface area (Å²) in [7, 11) is 2.15. The molecule has 1 saturated heterocycles. The third kappa shape index (κ3) is 3.52. The second kappa shape index (κ2) is 7.75. The van der Waals surface area contributed by atoms with E-state index < -0.39 is 0 Å². The lowest BCUT2D eigenvalue weighted by Crippen LogP contribution is -2.60. The van der Waals surface area contributed by atoms with E-state index in [1.165, 1.54) is 54.9 Å². The molecule has 0 bridgehead atoms. The smallest absolute Gasteiger partial charge is 0.0360 e. The Labute approximate surface area is 134 Å². The molecule has 1 fully saturated rings. The van der Waals surface area contributed by atoms with Crippen LogP contribution in [0.25, 0.3) is 0 Å². The maximum atomic E-state index is 3.66. The SMILES string of the molecule is CCc1ccc(CC(NC)C(CC)(CC)N2CCCC2)s1. The van der Waals surface area contributed by atoms with E-state index in [-0.39, 0.29) is 0 Å². The van der Waals surface area contributed by atoms with Gasteiger partial charge in [-0.2, -0.15) is 0 Å². The van der Waals surface area contributed by atoms with Crippen molar-refractivity contribution in [2.45, 2.75) is 70.9 Å². The molecule has 1 N–H and O–H groups in total. The first-order valence-corrected chi connectivity index (χ1v) is 9.51. The Morgan fingerprint density at radius 1 is 1.14 bits per heavy atom. The van der Waals surface area contributed by atoms with Gasteiger partial charge < -0.3 is 5.32 Å². The van der Waals surface area contributed by atoms with Crippen molar-refractivity contribution < 1.29 is 0 Å². The zero-order valence-corrected chi connectivity index (χ0v) is 15.1. The largest absolute Gasteiger partial charge is 0.315 e. The Balaban J connectivity index is 2.18. The van der Waals surface area contributed by atoms with Crippen LogP contribution in [0.1, 0.15) is 56.2 Å². The molecule has 0 aromatic carbocycles. The predicted octanol–water partition coefficient (Wildman–Crippen LogP) is 4.10. The summed E-state index contributed by atoms with van der Waals surface area (Å²) in [6, 6.07) is 5.20. The Morgan fingerprint density at radius 2 is 1.76 bits per heavy atom. The van der Waals surface area contributed by atoms with Gasteiger partial charge >= 0.3 is 0 Å². The summed E-state index contributed by atoms with van der Waals surface area (Å²) < 4.78 is 0. The number of likely N-dealkylation sites (tertiary alicyclic amines) is 1. The quantitative estimate of drug-likeness (QED) is 0.778. The molecule has 2 heterocycles. The molecule has 0 saturated carbocycles. The molecule has 1 aliphatic heterocycles. The van der Waals surface area contributed by atoms with E-state index >= 15 is 0 Å². The van der Waals surface area contributed by atoms with E-state index in [0.29, 0.717) is 11.6 Å². The molecule has 21 heavy (non-hydrogen) atoms. The van der Waals surface area contributed by atoms with Gasteiger partial charge in [-0.05, 0) is 70.8 Å². The first-order valence-electron chi connectivity index (χ1n) is 8.70. The van der Waals surface area contributed by atoms with Crippen LogP contribution in [0.3, 0.4) is 0 Å². The topological polar surface area (TPSA) is 15.3 Å². The number of likely N-dealkylation sites (N-methyl/N-ethyl adjacent to an activating group) is 1. The lowest BCUT2D eigenvalue weighted by atomic mass is 9.81. The molecular formula is C18H32N2S. The Morgan fingerprint density at radius 3 is 2.24 bits per heavy atom. The summed E-state index contributed by atoms with van der Waals surface area (Å²) in [5, 5.41) is 3.66. The van der Waals surface area contributed by atoms with E-state index in [2.05, 4.69) is 50.2 Å². The summed E-state index contributed by atoms with van der Waals surface area (Å²) in [5.41, 5.74) is 0.321. The Kier molecular flexibility index (Phi) is 6.27. The van der Waals surface area contributed by atoms with E-state index in [1.54, 1.807) is 0 Å². The summed E-state index contributed by atoms with van der Waals surface area (Å²) >= 11 is 2.00. The average Bonchev–Trinajstić information content (AvgIpc) is 3.19. The first kappa shape index (κ1) is 17.0. The van der Waals surface area contributed by atoms with Gasteiger partial charge in [-0.25, -0.2) is 0 Å². The third-order valence-corrected chi connectivity index (χ3v) is 6.68. The Bertz CT molecular complexity index is 417. The molecule has 3 heteroatoms. The average molecular weight is 309 g/mol. The molecule has 1 unspecified atom stereocenters. The molecule has 2 rings (SSSR count). The summed E-state index contributed by atoms with van der Waals surface area (Å²) in [6.07, 6.45) is 7.55. The van der Waals surface area contributed by atoms with Crippen molar-refractivity contribution in [3.05, 3.63) is 21.9 Å². The minimum Gasteiger partial charge on any atom is -0.315 e. The van der Waals surface area contributed by atoms with Crippen LogP contribution in [-0.2, 0) is 12.8 Å². The second-order valence-corrected chi connectivity index (χ2v) is 7.52. The monoisotopic (exact) mass is 308 g/mol. The van der Waals surface area contributed by atoms with E-state index in [4.69, 9.17) is 0 Å². The number of nitrogens with one attached hydrogen (secondary N) is 1. The van der Waals surface area contributed by atoms with E-state index in [9.17, 15) is 0 Å². The maximum absolute atomic E-state index is 3.66. The minimum absolute atomic E-state index is 0.321. The highest BCUT2D eigenvalue weighted by Crippen LogP contribution is 2.34. The van der Waals surface area contributed by atoms with Gasteiger partial charge in [0.25, 0.3) is 0 Å². The van der Waals surface area contributed by atoms with Gasteiger partial charge in [0.1, 0.15) is 0 Å². The van der Waals surface area contributed by atoms with Crippen LogP contribution in [0.2, 0.25) is 0 Å². The lowest BCUT2D eigenvalue weighted by Gasteiger charge is -2.47. The van der Waals surface area contributed by atoms with Crippen molar-refractivity contribution in [1.82, 2.24) is 10.2 Å². The summed E-state index contributed by atoms with van der Waals surface area (Å²) in [6.45, 7) is 9.56. The van der Waals surface area contributed by atoms with Crippen molar-refractivity contribution in [1.29, 1.82) is 0 Å². The van der Waals surface area contributed by atoms with Gasteiger partial charge in [-0.1, -0.05) is 20.8 Å². The molecule has 1 aromatic heterocycles. The maximum Gasteiger partial charge on any atom is 0.0360 e. The zero-order chi connectivity index (χ0) is 15.3. The Hall–Kier alpha value is -0.380. The standard InChI is InChI=1S/C18H32N2S/c1-5-15-10-11-16(21-15)14-17(19-4)18(6-2,7-3)20-12-8-9-13-20/h10-11,17,19H,5-9,12-14H2,1-4H3. The van der Waals surface area contributed by atoms with Gasteiger partial charge in [0, 0.05) is 21.3 Å². The van der Waals surface area contributed by atoms with Gasteiger partial charge in [0.2, 0.25) is 0 Å². The minimum atomic E-state index is 0.321. The van der Waals surface area contributed by atoms with Gasteiger partial charge in [0.15, 0.2) is 0 Å².